The first-order chi connectivity index (χ1) is 7.66. The van der Waals surface area contributed by atoms with E-state index in [1.165, 1.54) is 0 Å². The lowest BCUT2D eigenvalue weighted by atomic mass is 9.86. The minimum Gasteiger partial charge on any atom is -0.300 e. The number of Topliss-reactive ketones (excluding diaryl/α,β-unsaturated/α-hetero) is 1. The number of ketones is 1. The molecule has 4 heteroatoms. The molecule has 0 aromatic carbocycles. The summed E-state index contributed by atoms with van der Waals surface area (Å²) in [7, 11) is 0. The van der Waals surface area contributed by atoms with Gasteiger partial charge in [-0.05, 0) is 32.6 Å². The predicted octanol–water partition coefficient (Wildman–Crippen LogP) is 2.16. The van der Waals surface area contributed by atoms with Crippen molar-refractivity contribution in [3.8, 4) is 0 Å². The van der Waals surface area contributed by atoms with Gasteiger partial charge in [-0.25, -0.2) is 9.67 Å². The molecule has 0 bridgehead atoms. The number of hydrogen-bond acceptors (Lipinski definition) is 3. The molecule has 0 unspecified atom stereocenters. The molecular weight excluding hydrogens is 202 g/mol. The molecule has 1 aliphatic rings. The highest BCUT2D eigenvalue weighted by molar-refractivity contribution is 5.79. The molecule has 1 aliphatic carbocycles. The van der Waals surface area contributed by atoms with Gasteiger partial charge in [-0.15, -0.1) is 0 Å². The van der Waals surface area contributed by atoms with Gasteiger partial charge in [0.25, 0.3) is 0 Å². The SMILES string of the molecule is CC(C)n1ncnc1CC1CCC(=O)CC1. The van der Waals surface area contributed by atoms with E-state index in [0.29, 0.717) is 17.7 Å². The van der Waals surface area contributed by atoms with Crippen LogP contribution in [0.1, 0.15) is 51.4 Å². The molecule has 0 amide bonds. The molecule has 4 nitrogen and oxygen atoms in total. The quantitative estimate of drug-likeness (QED) is 0.785. The zero-order chi connectivity index (χ0) is 11.5. The molecule has 2 rings (SSSR count). The van der Waals surface area contributed by atoms with Gasteiger partial charge in [0.2, 0.25) is 0 Å². The fourth-order valence-electron chi connectivity index (χ4n) is 2.31. The standard InChI is InChI=1S/C12H19N3O/c1-9(2)15-12(13-8-14-15)7-10-3-5-11(16)6-4-10/h8-10H,3-7H2,1-2H3. The van der Waals surface area contributed by atoms with Crippen LogP contribution in [0.15, 0.2) is 6.33 Å². The average molecular weight is 221 g/mol. The second-order valence-corrected chi connectivity index (χ2v) is 4.90. The van der Waals surface area contributed by atoms with Crippen LogP contribution >= 0.6 is 0 Å². The van der Waals surface area contributed by atoms with Crippen LogP contribution in [0, 0.1) is 5.92 Å². The van der Waals surface area contributed by atoms with Crippen molar-refractivity contribution in [3.05, 3.63) is 12.2 Å². The molecule has 1 aromatic rings. The van der Waals surface area contributed by atoms with E-state index < -0.39 is 0 Å². The summed E-state index contributed by atoms with van der Waals surface area (Å²) in [4.78, 5) is 15.5. The van der Waals surface area contributed by atoms with E-state index in [-0.39, 0.29) is 0 Å². The number of carbonyl (C=O) groups excluding carboxylic acids is 1. The Balaban J connectivity index is 1.98. The zero-order valence-corrected chi connectivity index (χ0v) is 10.0. The average Bonchev–Trinajstić information content (AvgIpc) is 2.69. The van der Waals surface area contributed by atoms with E-state index in [4.69, 9.17) is 0 Å². The van der Waals surface area contributed by atoms with Crippen LogP contribution in [0.3, 0.4) is 0 Å². The Morgan fingerprint density at radius 1 is 1.44 bits per heavy atom. The molecular formula is C12H19N3O. The molecule has 0 saturated heterocycles. The molecule has 1 aromatic heterocycles. The predicted molar refractivity (Wildman–Crippen MR) is 61.1 cm³/mol. The summed E-state index contributed by atoms with van der Waals surface area (Å²) >= 11 is 0. The largest absolute Gasteiger partial charge is 0.300 e. The highest BCUT2D eigenvalue weighted by atomic mass is 16.1. The molecule has 1 heterocycles. The molecule has 1 fully saturated rings. The lowest BCUT2D eigenvalue weighted by molar-refractivity contribution is -0.121. The van der Waals surface area contributed by atoms with Crippen LogP contribution in [0.5, 0.6) is 0 Å². The summed E-state index contributed by atoms with van der Waals surface area (Å²) in [6.07, 6.45) is 6.13. The lowest BCUT2D eigenvalue weighted by Crippen LogP contribution is -2.18. The third-order valence-corrected chi connectivity index (χ3v) is 3.27. The van der Waals surface area contributed by atoms with E-state index in [9.17, 15) is 4.79 Å². The van der Waals surface area contributed by atoms with Crippen LogP contribution in [-0.2, 0) is 11.2 Å². The van der Waals surface area contributed by atoms with E-state index in [1.54, 1.807) is 6.33 Å². The summed E-state index contributed by atoms with van der Waals surface area (Å²) < 4.78 is 1.98. The van der Waals surface area contributed by atoms with Crippen molar-refractivity contribution < 1.29 is 4.79 Å². The van der Waals surface area contributed by atoms with Crippen molar-refractivity contribution in [3.63, 3.8) is 0 Å². The Morgan fingerprint density at radius 3 is 2.75 bits per heavy atom. The number of aromatic nitrogens is 3. The van der Waals surface area contributed by atoms with Crippen LogP contribution in [0.25, 0.3) is 0 Å². The van der Waals surface area contributed by atoms with Crippen molar-refractivity contribution in [1.29, 1.82) is 0 Å². The third kappa shape index (κ3) is 2.49. The third-order valence-electron chi connectivity index (χ3n) is 3.27. The van der Waals surface area contributed by atoms with Crippen molar-refractivity contribution in [1.82, 2.24) is 14.8 Å². The maximum Gasteiger partial charge on any atom is 0.138 e. The summed E-state index contributed by atoms with van der Waals surface area (Å²) in [5.74, 6) is 2.09. The first-order valence-electron chi connectivity index (χ1n) is 6.07. The smallest absolute Gasteiger partial charge is 0.138 e. The van der Waals surface area contributed by atoms with Crippen molar-refractivity contribution >= 4 is 5.78 Å². The Morgan fingerprint density at radius 2 is 2.12 bits per heavy atom. The first-order valence-corrected chi connectivity index (χ1v) is 6.07. The van der Waals surface area contributed by atoms with Gasteiger partial charge < -0.3 is 0 Å². The van der Waals surface area contributed by atoms with Crippen LogP contribution in [0.4, 0.5) is 0 Å². The Bertz CT molecular complexity index is 360. The van der Waals surface area contributed by atoms with Gasteiger partial charge in [0.05, 0.1) is 0 Å². The molecule has 1 saturated carbocycles. The van der Waals surface area contributed by atoms with Gasteiger partial charge in [-0.1, -0.05) is 0 Å². The second kappa shape index (κ2) is 4.76. The zero-order valence-electron chi connectivity index (χ0n) is 10.0. The van der Waals surface area contributed by atoms with Crippen LogP contribution in [-0.4, -0.2) is 20.5 Å². The second-order valence-electron chi connectivity index (χ2n) is 4.90. The number of hydrogen-bond donors (Lipinski definition) is 0. The number of rotatable bonds is 3. The van der Waals surface area contributed by atoms with E-state index in [0.717, 1.165) is 37.9 Å². The van der Waals surface area contributed by atoms with Gasteiger partial charge in [0.1, 0.15) is 17.9 Å². The normalized spacial score (nSPS) is 18.3. The van der Waals surface area contributed by atoms with Gasteiger partial charge in [-0.3, -0.25) is 4.79 Å². The fourth-order valence-corrected chi connectivity index (χ4v) is 2.31. The van der Waals surface area contributed by atoms with Gasteiger partial charge in [0.15, 0.2) is 0 Å². The summed E-state index contributed by atoms with van der Waals surface area (Å²) in [6.45, 7) is 4.23. The van der Waals surface area contributed by atoms with Crippen molar-refractivity contribution in [2.24, 2.45) is 5.92 Å². The number of carbonyl (C=O) groups is 1. The number of nitrogens with zero attached hydrogens (tertiary/aromatic N) is 3. The van der Waals surface area contributed by atoms with Crippen LogP contribution in [0.2, 0.25) is 0 Å². The minimum absolute atomic E-state index is 0.364. The highest BCUT2D eigenvalue weighted by Crippen LogP contribution is 2.24. The summed E-state index contributed by atoms with van der Waals surface area (Å²) in [5.41, 5.74) is 0. The highest BCUT2D eigenvalue weighted by Gasteiger charge is 2.21. The van der Waals surface area contributed by atoms with Gasteiger partial charge in [0, 0.05) is 25.3 Å². The van der Waals surface area contributed by atoms with Crippen molar-refractivity contribution in [2.45, 2.75) is 52.0 Å². The maximum atomic E-state index is 11.2. The molecule has 16 heavy (non-hydrogen) atoms. The topological polar surface area (TPSA) is 47.8 Å². The van der Waals surface area contributed by atoms with Gasteiger partial charge >= 0.3 is 0 Å². The van der Waals surface area contributed by atoms with E-state index in [1.807, 2.05) is 4.68 Å². The summed E-state index contributed by atoms with van der Waals surface area (Å²) in [6, 6.07) is 0.364. The maximum absolute atomic E-state index is 11.2. The Kier molecular flexibility index (Phi) is 3.36. The first kappa shape index (κ1) is 11.3. The summed E-state index contributed by atoms with van der Waals surface area (Å²) in [5, 5.41) is 4.23. The fraction of sp³-hybridized carbons (Fsp3) is 0.750. The van der Waals surface area contributed by atoms with Crippen molar-refractivity contribution in [2.75, 3.05) is 0 Å². The molecule has 0 atom stereocenters. The van der Waals surface area contributed by atoms with Crippen LogP contribution < -0.4 is 0 Å². The molecule has 0 radical (unpaired) electrons. The lowest BCUT2D eigenvalue weighted by Gasteiger charge is -2.21. The molecule has 0 aliphatic heterocycles. The van der Waals surface area contributed by atoms with Gasteiger partial charge in [-0.2, -0.15) is 5.10 Å². The molecule has 88 valence electrons. The van der Waals surface area contributed by atoms with E-state index >= 15 is 0 Å². The monoisotopic (exact) mass is 221 g/mol. The van der Waals surface area contributed by atoms with E-state index in [2.05, 4.69) is 23.9 Å². The molecule has 0 spiro atoms. The minimum atomic E-state index is 0.364. The Labute approximate surface area is 96.1 Å². The Hall–Kier alpha value is -1.19. The molecule has 0 N–H and O–H groups in total.